The molecule has 1 unspecified atom stereocenters. The van der Waals surface area contributed by atoms with Crippen LogP contribution in [0.25, 0.3) is 0 Å². The van der Waals surface area contributed by atoms with Crippen molar-refractivity contribution in [3.8, 4) is 0 Å². The van der Waals surface area contributed by atoms with Gasteiger partial charge in [0.05, 0.1) is 22.0 Å². The van der Waals surface area contributed by atoms with E-state index in [1.165, 1.54) is 0 Å². The van der Waals surface area contributed by atoms with Crippen molar-refractivity contribution >= 4 is 15.9 Å². The van der Waals surface area contributed by atoms with E-state index in [-0.39, 0.29) is 0 Å². The first-order valence-electron chi connectivity index (χ1n) is 6.91. The Kier molecular flexibility index (Phi) is 4.94. The maximum Gasteiger partial charge on any atom is 0.0846 e. The number of hydrogen-bond acceptors (Lipinski definition) is 3. The van der Waals surface area contributed by atoms with Crippen LogP contribution in [-0.4, -0.2) is 19.9 Å². The van der Waals surface area contributed by atoms with Crippen LogP contribution < -0.4 is 0 Å². The van der Waals surface area contributed by atoms with Crippen LogP contribution in [0.4, 0.5) is 0 Å². The molecule has 108 valence electrons. The molecule has 2 aromatic heterocycles. The maximum absolute atomic E-state index is 10.4. The number of rotatable bonds is 5. The van der Waals surface area contributed by atoms with Gasteiger partial charge in [0.1, 0.15) is 0 Å². The minimum Gasteiger partial charge on any atom is -0.388 e. The number of aryl methyl sites for hydroxylation is 3. The Morgan fingerprint density at radius 1 is 1.40 bits per heavy atom. The summed E-state index contributed by atoms with van der Waals surface area (Å²) in [5.74, 6) is 0. The monoisotopic (exact) mass is 337 g/mol. The lowest BCUT2D eigenvalue weighted by Crippen LogP contribution is -2.09. The molecule has 2 heterocycles. The predicted molar refractivity (Wildman–Crippen MR) is 82.6 cm³/mol. The Bertz CT molecular complexity index is 595. The largest absolute Gasteiger partial charge is 0.388 e. The summed E-state index contributed by atoms with van der Waals surface area (Å²) < 4.78 is 2.98. The molecule has 1 N–H and O–H groups in total. The summed E-state index contributed by atoms with van der Waals surface area (Å²) in [5, 5.41) is 15.0. The van der Waals surface area contributed by atoms with Gasteiger partial charge in [-0.3, -0.25) is 9.67 Å². The Morgan fingerprint density at radius 3 is 2.75 bits per heavy atom. The third kappa shape index (κ3) is 3.10. The lowest BCUT2D eigenvalue weighted by atomic mass is 10.0. The normalized spacial score (nSPS) is 12.7. The van der Waals surface area contributed by atoms with Crippen molar-refractivity contribution in [1.29, 1.82) is 0 Å². The Labute approximate surface area is 128 Å². The second-order valence-corrected chi connectivity index (χ2v) is 5.62. The fraction of sp³-hybridized carbons (Fsp3) is 0.467. The topological polar surface area (TPSA) is 50.9 Å². The average molecular weight is 338 g/mol. The lowest BCUT2D eigenvalue weighted by molar-refractivity contribution is 0.175. The molecule has 0 aliphatic rings. The van der Waals surface area contributed by atoms with Crippen LogP contribution in [0.2, 0.25) is 0 Å². The highest BCUT2D eigenvalue weighted by Crippen LogP contribution is 2.27. The number of aromatic nitrogens is 3. The van der Waals surface area contributed by atoms with Crippen LogP contribution in [0.5, 0.6) is 0 Å². The molecule has 0 saturated carbocycles. The summed E-state index contributed by atoms with van der Waals surface area (Å²) in [6, 6.07) is 3.78. The number of aliphatic hydroxyl groups is 1. The summed E-state index contributed by atoms with van der Waals surface area (Å²) in [6.07, 6.45) is 2.62. The Balaban J connectivity index is 2.27. The smallest absolute Gasteiger partial charge is 0.0846 e. The molecule has 20 heavy (non-hydrogen) atoms. The number of pyridine rings is 1. The predicted octanol–water partition coefficient (Wildman–Crippen LogP) is 3.21. The van der Waals surface area contributed by atoms with Crippen molar-refractivity contribution in [3.05, 3.63) is 45.4 Å². The molecule has 0 radical (unpaired) electrons. The lowest BCUT2D eigenvalue weighted by Gasteiger charge is -2.13. The number of hydrogen-bond donors (Lipinski definition) is 1. The molecule has 0 saturated heterocycles. The summed E-state index contributed by atoms with van der Waals surface area (Å²) in [5.41, 5.74) is 3.90. The van der Waals surface area contributed by atoms with E-state index in [4.69, 9.17) is 0 Å². The van der Waals surface area contributed by atoms with Crippen molar-refractivity contribution in [3.63, 3.8) is 0 Å². The first-order valence-corrected chi connectivity index (χ1v) is 7.70. The number of halogens is 1. The molecular formula is C15H20BrN3O. The average Bonchev–Trinajstić information content (AvgIpc) is 2.75. The minimum atomic E-state index is -0.542. The third-order valence-electron chi connectivity index (χ3n) is 3.39. The second kappa shape index (κ2) is 6.50. The molecule has 0 bridgehead atoms. The van der Waals surface area contributed by atoms with Crippen LogP contribution in [0.3, 0.4) is 0 Å². The van der Waals surface area contributed by atoms with Gasteiger partial charge in [-0.2, -0.15) is 5.10 Å². The van der Waals surface area contributed by atoms with E-state index in [2.05, 4.69) is 39.9 Å². The van der Waals surface area contributed by atoms with Crippen molar-refractivity contribution in [1.82, 2.24) is 14.8 Å². The van der Waals surface area contributed by atoms with Gasteiger partial charge >= 0.3 is 0 Å². The zero-order valence-electron chi connectivity index (χ0n) is 12.1. The summed E-state index contributed by atoms with van der Waals surface area (Å²) in [4.78, 5) is 4.16. The van der Waals surface area contributed by atoms with Crippen LogP contribution in [0.15, 0.2) is 22.8 Å². The first-order chi connectivity index (χ1) is 9.56. The second-order valence-electron chi connectivity index (χ2n) is 4.83. The van der Waals surface area contributed by atoms with Crippen LogP contribution >= 0.6 is 15.9 Å². The van der Waals surface area contributed by atoms with E-state index in [1.807, 2.05) is 23.7 Å². The molecule has 2 rings (SSSR count). The molecule has 0 aliphatic carbocycles. The van der Waals surface area contributed by atoms with E-state index in [1.54, 1.807) is 6.20 Å². The SMILES string of the molecule is CCc1nn(CC)c(CC(O)c2ccnc(C)c2)c1Br. The molecule has 2 aromatic rings. The highest BCUT2D eigenvalue weighted by Gasteiger charge is 2.18. The van der Waals surface area contributed by atoms with Crippen LogP contribution in [-0.2, 0) is 19.4 Å². The fourth-order valence-electron chi connectivity index (χ4n) is 2.29. The van der Waals surface area contributed by atoms with E-state index in [9.17, 15) is 5.11 Å². The van der Waals surface area contributed by atoms with Gasteiger partial charge in [0.15, 0.2) is 0 Å². The quantitative estimate of drug-likeness (QED) is 0.911. The van der Waals surface area contributed by atoms with Crippen molar-refractivity contribution in [2.75, 3.05) is 0 Å². The van der Waals surface area contributed by atoms with Crippen LogP contribution in [0.1, 0.15) is 42.6 Å². The number of nitrogens with zero attached hydrogens (tertiary/aromatic N) is 3. The molecule has 0 spiro atoms. The summed E-state index contributed by atoms with van der Waals surface area (Å²) >= 11 is 3.61. The molecule has 5 heteroatoms. The highest BCUT2D eigenvalue weighted by atomic mass is 79.9. The van der Waals surface area contributed by atoms with Gasteiger partial charge in [-0.25, -0.2) is 0 Å². The van der Waals surface area contributed by atoms with Gasteiger partial charge in [-0.1, -0.05) is 6.92 Å². The van der Waals surface area contributed by atoms with E-state index < -0.39 is 6.10 Å². The van der Waals surface area contributed by atoms with Gasteiger partial charge in [0.2, 0.25) is 0 Å². The van der Waals surface area contributed by atoms with Gasteiger partial charge in [0.25, 0.3) is 0 Å². The Hall–Kier alpha value is -1.20. The van der Waals surface area contributed by atoms with E-state index in [0.29, 0.717) is 6.42 Å². The zero-order chi connectivity index (χ0) is 14.7. The maximum atomic E-state index is 10.4. The molecule has 0 fully saturated rings. The zero-order valence-corrected chi connectivity index (χ0v) is 13.7. The van der Waals surface area contributed by atoms with Gasteiger partial charge < -0.3 is 5.11 Å². The van der Waals surface area contributed by atoms with E-state index >= 15 is 0 Å². The summed E-state index contributed by atoms with van der Waals surface area (Å²) in [7, 11) is 0. The number of aliphatic hydroxyl groups excluding tert-OH is 1. The van der Waals surface area contributed by atoms with Crippen molar-refractivity contribution in [2.45, 2.75) is 46.3 Å². The molecule has 0 amide bonds. The highest BCUT2D eigenvalue weighted by molar-refractivity contribution is 9.10. The molecule has 4 nitrogen and oxygen atoms in total. The van der Waals surface area contributed by atoms with Gasteiger partial charge in [0, 0.05) is 24.9 Å². The van der Waals surface area contributed by atoms with E-state index in [0.717, 1.165) is 40.1 Å². The summed E-state index contributed by atoms with van der Waals surface area (Å²) in [6.45, 7) is 6.87. The minimum absolute atomic E-state index is 0.542. The van der Waals surface area contributed by atoms with Crippen molar-refractivity contribution < 1.29 is 5.11 Å². The fourth-order valence-corrected chi connectivity index (χ4v) is 3.01. The molecule has 1 atom stereocenters. The first kappa shape index (κ1) is 15.2. The Morgan fingerprint density at radius 2 is 2.15 bits per heavy atom. The van der Waals surface area contributed by atoms with Crippen LogP contribution in [0, 0.1) is 6.92 Å². The standard InChI is InChI=1S/C15H20BrN3O/c1-4-12-15(16)13(19(5-2)18-12)9-14(20)11-6-7-17-10(3)8-11/h6-8,14,20H,4-5,9H2,1-3H3. The molecular weight excluding hydrogens is 318 g/mol. The van der Waals surface area contributed by atoms with Crippen molar-refractivity contribution in [2.24, 2.45) is 0 Å². The molecule has 0 aromatic carbocycles. The third-order valence-corrected chi connectivity index (χ3v) is 4.30. The van der Waals surface area contributed by atoms with Gasteiger partial charge in [-0.15, -0.1) is 0 Å². The molecule has 0 aliphatic heterocycles. The van der Waals surface area contributed by atoms with Gasteiger partial charge in [-0.05, 0) is 53.9 Å².